The van der Waals surface area contributed by atoms with Crippen molar-refractivity contribution < 1.29 is 143 Å². The Balaban J connectivity index is 0.858. The van der Waals surface area contributed by atoms with E-state index in [2.05, 4.69) is 48.5 Å². The number of fused-ring (bicyclic) bond motifs is 4. The molecule has 2 bridgehead atoms. The van der Waals surface area contributed by atoms with Gasteiger partial charge in [0.1, 0.15) is 116 Å². The van der Waals surface area contributed by atoms with E-state index in [1.807, 2.05) is 0 Å². The lowest BCUT2D eigenvalue weighted by Gasteiger charge is -2.75. The van der Waals surface area contributed by atoms with Gasteiger partial charge in [-0.05, 0) is 91.3 Å². The zero-order chi connectivity index (χ0) is 64.8. The van der Waals surface area contributed by atoms with Gasteiger partial charge in [0.2, 0.25) is 0 Å². The third-order valence-corrected chi connectivity index (χ3v) is 24.3. The highest BCUT2D eigenvalue weighted by Gasteiger charge is 2.84. The standard InChI is InChI=1S/C60H98O29/c1-23(64)80-34-17-54(2,3)15-31-59-14-10-30-56(6)12-11-33(55(4,5)29(56)9-13-57(30,7)58(59,8)16-32(66)60(31,34)53(77)89-59)85-51-46(88-50-43(75)40(72)37(69)26(19-62)82-50)38(70)28(22-79-51)84-52-47(87-48-41(73)35(67)24(65)21-78-48)44(76)45(27(20-63)83-52)86-49-42(74)39(71)36(68)25(18-61)81-49/h24-53,61-63,65-77H,9-22H2,1-8H3. The van der Waals surface area contributed by atoms with Gasteiger partial charge in [-0.2, -0.15) is 0 Å². The van der Waals surface area contributed by atoms with Gasteiger partial charge in [-0.3, -0.25) is 4.79 Å². The maximum atomic E-state index is 12.7. The van der Waals surface area contributed by atoms with Gasteiger partial charge >= 0.3 is 5.97 Å². The molecule has 1 spiro atoms. The summed E-state index contributed by atoms with van der Waals surface area (Å²) in [5, 5.41) is 177. The zero-order valence-electron chi connectivity index (χ0n) is 51.7. The number of rotatable bonds is 14. The van der Waals surface area contributed by atoms with Crippen molar-refractivity contribution >= 4 is 5.97 Å². The summed E-state index contributed by atoms with van der Waals surface area (Å²) in [5.41, 5.74) is -4.37. The van der Waals surface area contributed by atoms with Gasteiger partial charge in [-0.15, -0.1) is 0 Å². The predicted molar refractivity (Wildman–Crippen MR) is 295 cm³/mol. The average molecular weight is 1280 g/mol. The van der Waals surface area contributed by atoms with Gasteiger partial charge in [0.05, 0.1) is 56.3 Å². The molecule has 0 amide bonds. The molecule has 512 valence electrons. The van der Waals surface area contributed by atoms with Crippen LogP contribution in [-0.4, -0.2) is 292 Å². The number of hydrogen-bond donors (Lipinski definition) is 16. The zero-order valence-corrected chi connectivity index (χ0v) is 51.7. The molecule has 11 fully saturated rings. The number of hydrogen-bond acceptors (Lipinski definition) is 29. The van der Waals surface area contributed by atoms with Crippen LogP contribution in [0.15, 0.2) is 0 Å². The van der Waals surface area contributed by atoms with E-state index in [9.17, 15) is 86.5 Å². The van der Waals surface area contributed by atoms with Crippen LogP contribution in [0.2, 0.25) is 0 Å². The van der Waals surface area contributed by atoms with Crippen molar-refractivity contribution in [3.8, 4) is 0 Å². The highest BCUT2D eigenvalue weighted by atomic mass is 16.8. The summed E-state index contributed by atoms with van der Waals surface area (Å²) >= 11 is 0. The molecule has 11 aliphatic rings. The van der Waals surface area contributed by atoms with Crippen LogP contribution in [0, 0.1) is 50.2 Å². The van der Waals surface area contributed by atoms with E-state index in [1.54, 1.807) is 0 Å². The summed E-state index contributed by atoms with van der Waals surface area (Å²) in [5.74, 6) is -0.696. The van der Waals surface area contributed by atoms with Gasteiger partial charge < -0.3 is 139 Å². The Morgan fingerprint density at radius 2 is 1.03 bits per heavy atom. The Bertz CT molecular complexity index is 2480. The van der Waals surface area contributed by atoms with Crippen LogP contribution in [0.4, 0.5) is 0 Å². The molecule has 0 radical (unpaired) electrons. The summed E-state index contributed by atoms with van der Waals surface area (Å²) in [6.45, 7) is 13.0. The molecule has 6 aliphatic heterocycles. The second-order valence-corrected chi connectivity index (χ2v) is 29.8. The average Bonchev–Trinajstić information content (AvgIpc) is 1.62. The molecule has 29 heteroatoms. The highest BCUT2D eigenvalue weighted by molar-refractivity contribution is 5.66. The number of aliphatic hydroxyl groups is 16. The van der Waals surface area contributed by atoms with Gasteiger partial charge in [0.15, 0.2) is 37.7 Å². The van der Waals surface area contributed by atoms with Crippen molar-refractivity contribution in [2.45, 2.75) is 285 Å². The van der Waals surface area contributed by atoms with Crippen molar-refractivity contribution in [1.29, 1.82) is 0 Å². The molecule has 6 saturated heterocycles. The first kappa shape index (κ1) is 68.8. The molecular formula is C60H98O29. The molecule has 35 unspecified atom stereocenters. The van der Waals surface area contributed by atoms with E-state index in [4.69, 9.17) is 56.8 Å². The van der Waals surface area contributed by atoms with Gasteiger partial charge in [-0.25, -0.2) is 0 Å². The SMILES string of the molecule is CC(=O)OC1CC(C)(C)CC2C13C(O)CC1(C)C4(C)CCC5C(C)(C)C(OC6OCC(OC7OC(CO)C(OC8OC(CO)C(O)C(O)C8O)C(O)C7OC7OCC(O)C(O)C7O)C(O)C6OC6OC(CO)C(O)C(O)C6O)CCC5(C)C4CCC21OC3O. The third kappa shape index (κ3) is 10.8. The van der Waals surface area contributed by atoms with E-state index >= 15 is 0 Å². The van der Waals surface area contributed by atoms with Crippen LogP contribution >= 0.6 is 0 Å². The number of ether oxygens (including phenoxy) is 12. The van der Waals surface area contributed by atoms with Crippen molar-refractivity contribution in [1.82, 2.24) is 0 Å². The first-order valence-electron chi connectivity index (χ1n) is 31.7. The van der Waals surface area contributed by atoms with Crippen LogP contribution in [0.25, 0.3) is 0 Å². The summed E-state index contributed by atoms with van der Waals surface area (Å²) in [7, 11) is 0. The Hall–Kier alpha value is -1.61. The maximum absolute atomic E-state index is 12.7. The smallest absolute Gasteiger partial charge is 0.302 e. The largest absolute Gasteiger partial charge is 0.462 e. The number of carbonyl (C=O) groups excluding carboxylic acids is 1. The molecule has 29 nitrogen and oxygen atoms in total. The highest BCUT2D eigenvalue weighted by Crippen LogP contribution is 2.81. The number of esters is 1. The first-order valence-corrected chi connectivity index (χ1v) is 31.7. The van der Waals surface area contributed by atoms with E-state index in [0.29, 0.717) is 38.5 Å². The minimum absolute atomic E-state index is 0.000582. The van der Waals surface area contributed by atoms with E-state index in [0.717, 1.165) is 19.3 Å². The van der Waals surface area contributed by atoms with Crippen molar-refractivity contribution in [3.05, 3.63) is 0 Å². The normalized spacial score (nSPS) is 56.1. The minimum atomic E-state index is -2.06. The second kappa shape index (κ2) is 24.8. The van der Waals surface area contributed by atoms with Gasteiger partial charge in [-0.1, -0.05) is 48.5 Å². The lowest BCUT2D eigenvalue weighted by Crippen LogP contribution is -2.75. The Kier molecular flexibility index (Phi) is 19.2. The molecule has 5 aliphatic carbocycles. The quantitative estimate of drug-likeness (QED) is 0.0577. The lowest BCUT2D eigenvalue weighted by molar-refractivity contribution is -0.402. The summed E-state index contributed by atoms with van der Waals surface area (Å²) in [4.78, 5) is 12.7. The molecule has 0 aromatic carbocycles. The van der Waals surface area contributed by atoms with E-state index in [1.165, 1.54) is 6.92 Å². The summed E-state index contributed by atoms with van der Waals surface area (Å²) in [6, 6.07) is 0. The predicted octanol–water partition coefficient (Wildman–Crippen LogP) is -4.39. The van der Waals surface area contributed by atoms with E-state index < -0.39 is 232 Å². The van der Waals surface area contributed by atoms with Crippen molar-refractivity contribution in [2.75, 3.05) is 33.0 Å². The fourth-order valence-electron chi connectivity index (χ4n) is 19.5. The third-order valence-electron chi connectivity index (χ3n) is 24.3. The minimum Gasteiger partial charge on any atom is -0.462 e. The monoisotopic (exact) mass is 1280 g/mol. The van der Waals surface area contributed by atoms with Gasteiger partial charge in [0, 0.05) is 18.3 Å². The Morgan fingerprint density at radius 1 is 0.483 bits per heavy atom. The van der Waals surface area contributed by atoms with E-state index in [-0.39, 0.29) is 28.6 Å². The van der Waals surface area contributed by atoms with Crippen LogP contribution in [0.1, 0.15) is 113 Å². The molecule has 6 heterocycles. The van der Waals surface area contributed by atoms with Crippen LogP contribution in [0.5, 0.6) is 0 Å². The molecule has 11 rings (SSSR count). The molecular weight excluding hydrogens is 1180 g/mol. The molecule has 89 heavy (non-hydrogen) atoms. The van der Waals surface area contributed by atoms with Crippen LogP contribution < -0.4 is 0 Å². The Labute approximate surface area is 515 Å². The fraction of sp³-hybridized carbons (Fsp3) is 0.983. The van der Waals surface area contributed by atoms with Crippen LogP contribution in [0.3, 0.4) is 0 Å². The molecule has 5 saturated carbocycles. The first-order chi connectivity index (χ1) is 41.7. The van der Waals surface area contributed by atoms with Gasteiger partial charge in [0.25, 0.3) is 0 Å². The maximum Gasteiger partial charge on any atom is 0.302 e. The lowest BCUT2D eigenvalue weighted by atomic mass is 9.30. The van der Waals surface area contributed by atoms with Crippen molar-refractivity contribution in [3.63, 3.8) is 0 Å². The Morgan fingerprint density at radius 3 is 1.64 bits per heavy atom. The molecule has 16 N–H and O–H groups in total. The summed E-state index contributed by atoms with van der Waals surface area (Å²) in [6.07, 6.45) is -39.7. The van der Waals surface area contributed by atoms with Crippen LogP contribution in [-0.2, 0) is 61.6 Å². The molecule has 0 aromatic rings. The number of aliphatic hydroxyl groups excluding tert-OH is 16. The topological polar surface area (TPSA) is 452 Å². The second-order valence-electron chi connectivity index (χ2n) is 29.8. The fourth-order valence-corrected chi connectivity index (χ4v) is 19.5. The van der Waals surface area contributed by atoms with Crippen molar-refractivity contribution in [2.24, 2.45) is 50.2 Å². The summed E-state index contributed by atoms with van der Waals surface area (Å²) < 4.78 is 74.2. The number of carbonyl (C=O) groups is 1. The molecule has 35 atom stereocenters. The molecule has 0 aromatic heterocycles.